The van der Waals surface area contributed by atoms with E-state index >= 15 is 0 Å². The number of H-pyrrole nitrogens is 2. The van der Waals surface area contributed by atoms with Crippen LogP contribution in [0.5, 0.6) is 0 Å². The topological polar surface area (TPSA) is 83.5 Å². The smallest absolute Gasteiger partial charge is 0.322 e. The molecule has 0 saturated carbocycles. The molecular formula is C8H8N4O2. The fraction of sp³-hybridized carbons (Fsp3) is 0.375. The fourth-order valence-corrected chi connectivity index (χ4v) is 1.94. The average molecular weight is 192 g/mol. The average Bonchev–Trinajstić information content (AvgIpc) is 2.60. The highest BCUT2D eigenvalue weighted by Gasteiger charge is 2.18. The van der Waals surface area contributed by atoms with Crippen LogP contribution >= 0.6 is 0 Å². The number of hydrogen-bond donors (Lipinski definition) is 2. The monoisotopic (exact) mass is 192 g/mol. The van der Waals surface area contributed by atoms with Gasteiger partial charge in [-0.25, -0.2) is 9.78 Å². The summed E-state index contributed by atoms with van der Waals surface area (Å²) >= 11 is 0. The maximum Gasteiger partial charge on any atom is 0.327 e. The number of fused-ring (bicyclic) bond motifs is 3. The van der Waals surface area contributed by atoms with Crippen LogP contribution in [-0.4, -0.2) is 19.5 Å². The van der Waals surface area contributed by atoms with Crippen LogP contribution in [0, 0.1) is 0 Å². The molecule has 0 radical (unpaired) electrons. The first-order valence-electron chi connectivity index (χ1n) is 4.47. The second kappa shape index (κ2) is 2.34. The summed E-state index contributed by atoms with van der Waals surface area (Å²) in [7, 11) is 0. The van der Waals surface area contributed by atoms with Gasteiger partial charge in [0.1, 0.15) is 5.82 Å². The number of imidazole rings is 1. The predicted molar refractivity (Wildman–Crippen MR) is 49.3 cm³/mol. The molecule has 2 N–H and O–H groups in total. The molecule has 1 aliphatic rings. The number of nitrogens with zero attached hydrogens (tertiary/aromatic N) is 2. The Morgan fingerprint density at radius 3 is 3.00 bits per heavy atom. The van der Waals surface area contributed by atoms with Crippen molar-refractivity contribution in [1.82, 2.24) is 19.5 Å². The highest BCUT2D eigenvalue weighted by Crippen LogP contribution is 2.17. The van der Waals surface area contributed by atoms with Crippen LogP contribution < -0.4 is 11.2 Å². The van der Waals surface area contributed by atoms with Crippen LogP contribution in [0.2, 0.25) is 0 Å². The van der Waals surface area contributed by atoms with Crippen molar-refractivity contribution in [2.45, 2.75) is 19.4 Å². The zero-order chi connectivity index (χ0) is 9.71. The highest BCUT2D eigenvalue weighted by atomic mass is 16.2. The van der Waals surface area contributed by atoms with Gasteiger partial charge in [0, 0.05) is 13.0 Å². The molecule has 2 aromatic heterocycles. The molecule has 0 fully saturated rings. The highest BCUT2D eigenvalue weighted by molar-refractivity contribution is 5.70. The van der Waals surface area contributed by atoms with Gasteiger partial charge in [-0.1, -0.05) is 0 Å². The fourth-order valence-electron chi connectivity index (χ4n) is 1.94. The van der Waals surface area contributed by atoms with Gasteiger partial charge < -0.3 is 4.57 Å². The summed E-state index contributed by atoms with van der Waals surface area (Å²) in [5.41, 5.74) is 0.0224. The maximum atomic E-state index is 11.5. The number of nitrogens with one attached hydrogen (secondary N) is 2. The van der Waals surface area contributed by atoms with Gasteiger partial charge in [-0.3, -0.25) is 14.8 Å². The van der Waals surface area contributed by atoms with Crippen LogP contribution in [0.15, 0.2) is 9.59 Å². The number of aromatic nitrogens is 4. The van der Waals surface area contributed by atoms with E-state index in [0.717, 1.165) is 25.2 Å². The molecule has 3 rings (SSSR count). The molecule has 6 heteroatoms. The summed E-state index contributed by atoms with van der Waals surface area (Å²) in [6.45, 7) is 0.807. The van der Waals surface area contributed by atoms with Crippen LogP contribution in [-0.2, 0) is 13.0 Å². The van der Waals surface area contributed by atoms with Crippen molar-refractivity contribution in [3.63, 3.8) is 0 Å². The predicted octanol–water partition coefficient (Wildman–Crippen LogP) is -0.641. The standard InChI is InChI=1S/C8H8N4O2/c13-7-5-6(10-8(14)11-7)9-4-2-1-3-12(4)5/h1-3H2,(H2,10,11,13,14). The van der Waals surface area contributed by atoms with E-state index in [4.69, 9.17) is 0 Å². The third-order valence-corrected chi connectivity index (χ3v) is 2.50. The summed E-state index contributed by atoms with van der Waals surface area (Å²) in [5, 5.41) is 0. The molecule has 14 heavy (non-hydrogen) atoms. The van der Waals surface area contributed by atoms with Crippen molar-refractivity contribution in [3.8, 4) is 0 Å². The molecule has 0 saturated heterocycles. The quantitative estimate of drug-likeness (QED) is 0.582. The van der Waals surface area contributed by atoms with Crippen molar-refractivity contribution < 1.29 is 0 Å². The minimum Gasteiger partial charge on any atom is -0.322 e. The number of aromatic amines is 2. The first-order chi connectivity index (χ1) is 6.75. The third kappa shape index (κ3) is 0.822. The molecule has 6 nitrogen and oxygen atoms in total. The number of hydrogen-bond acceptors (Lipinski definition) is 3. The molecule has 0 amide bonds. The lowest BCUT2D eigenvalue weighted by atomic mass is 10.4. The number of rotatable bonds is 0. The molecule has 0 aromatic carbocycles. The minimum atomic E-state index is -0.501. The van der Waals surface area contributed by atoms with E-state index in [2.05, 4.69) is 15.0 Å². The molecule has 0 spiro atoms. The van der Waals surface area contributed by atoms with E-state index in [1.165, 1.54) is 0 Å². The van der Waals surface area contributed by atoms with Crippen molar-refractivity contribution in [2.75, 3.05) is 0 Å². The molecule has 0 unspecified atom stereocenters. The van der Waals surface area contributed by atoms with Gasteiger partial charge >= 0.3 is 5.69 Å². The Bertz CT molecular complexity index is 618. The summed E-state index contributed by atoms with van der Waals surface area (Å²) in [5.74, 6) is 0.882. The van der Waals surface area contributed by atoms with Crippen molar-refractivity contribution in [1.29, 1.82) is 0 Å². The van der Waals surface area contributed by atoms with Gasteiger partial charge in [-0.15, -0.1) is 0 Å². The lowest BCUT2D eigenvalue weighted by Crippen LogP contribution is -2.23. The van der Waals surface area contributed by atoms with E-state index in [1.54, 1.807) is 0 Å². The van der Waals surface area contributed by atoms with Crippen LogP contribution in [0.3, 0.4) is 0 Å². The van der Waals surface area contributed by atoms with E-state index in [0.29, 0.717) is 11.2 Å². The zero-order valence-electron chi connectivity index (χ0n) is 7.33. The first-order valence-corrected chi connectivity index (χ1v) is 4.47. The Kier molecular flexibility index (Phi) is 1.26. The molecule has 0 bridgehead atoms. The van der Waals surface area contributed by atoms with Gasteiger partial charge in [0.15, 0.2) is 11.2 Å². The normalized spacial score (nSPS) is 14.9. The Morgan fingerprint density at radius 2 is 2.14 bits per heavy atom. The molecule has 0 aliphatic carbocycles. The summed E-state index contributed by atoms with van der Waals surface area (Å²) in [6, 6.07) is 0. The Morgan fingerprint density at radius 1 is 1.29 bits per heavy atom. The van der Waals surface area contributed by atoms with Crippen molar-refractivity contribution >= 4 is 11.2 Å². The van der Waals surface area contributed by atoms with Gasteiger partial charge in [-0.2, -0.15) is 0 Å². The van der Waals surface area contributed by atoms with Crippen LogP contribution in [0.1, 0.15) is 12.2 Å². The molecule has 1 aliphatic heterocycles. The largest absolute Gasteiger partial charge is 0.327 e. The Balaban J connectivity index is 2.56. The maximum absolute atomic E-state index is 11.5. The lowest BCUT2D eigenvalue weighted by molar-refractivity contribution is 0.767. The summed E-state index contributed by atoms with van der Waals surface area (Å²) in [6.07, 6.45) is 1.88. The first kappa shape index (κ1) is 7.54. The third-order valence-electron chi connectivity index (χ3n) is 2.50. The van der Waals surface area contributed by atoms with E-state index in [-0.39, 0.29) is 5.56 Å². The van der Waals surface area contributed by atoms with Crippen molar-refractivity contribution in [3.05, 3.63) is 26.7 Å². The molecule has 2 aromatic rings. The molecule has 3 heterocycles. The second-order valence-electron chi connectivity index (χ2n) is 3.39. The zero-order valence-corrected chi connectivity index (χ0v) is 7.33. The van der Waals surface area contributed by atoms with Gasteiger partial charge in [-0.05, 0) is 6.42 Å². The summed E-state index contributed by atoms with van der Waals surface area (Å²) in [4.78, 5) is 31.4. The molecular weight excluding hydrogens is 184 g/mol. The van der Waals surface area contributed by atoms with Crippen molar-refractivity contribution in [2.24, 2.45) is 0 Å². The number of aryl methyl sites for hydroxylation is 2. The second-order valence-corrected chi connectivity index (χ2v) is 3.39. The Labute approximate surface area is 77.6 Å². The molecule has 0 atom stereocenters. The molecule has 72 valence electrons. The van der Waals surface area contributed by atoms with Gasteiger partial charge in [0.05, 0.1) is 0 Å². The summed E-state index contributed by atoms with van der Waals surface area (Å²) < 4.78 is 1.87. The lowest BCUT2D eigenvalue weighted by Gasteiger charge is -1.94. The SMILES string of the molecule is O=c1[nH]c(=O)c2c(nc3n2CCC3)[nH]1. The van der Waals surface area contributed by atoms with E-state index in [9.17, 15) is 9.59 Å². The Hall–Kier alpha value is -1.85. The van der Waals surface area contributed by atoms with E-state index < -0.39 is 5.69 Å². The van der Waals surface area contributed by atoms with Crippen LogP contribution in [0.25, 0.3) is 11.2 Å². The van der Waals surface area contributed by atoms with Gasteiger partial charge in [0.2, 0.25) is 0 Å². The minimum absolute atomic E-state index is 0.357. The van der Waals surface area contributed by atoms with Crippen LogP contribution in [0.4, 0.5) is 0 Å². The van der Waals surface area contributed by atoms with Gasteiger partial charge in [0.25, 0.3) is 5.56 Å². The van der Waals surface area contributed by atoms with E-state index in [1.807, 2.05) is 4.57 Å².